The Kier molecular flexibility index (Phi) is 3.35. The first kappa shape index (κ1) is 13.6. The molecule has 0 saturated heterocycles. The van der Waals surface area contributed by atoms with Crippen LogP contribution in [-0.4, -0.2) is 15.3 Å². The van der Waals surface area contributed by atoms with E-state index in [0.29, 0.717) is 27.7 Å². The second-order valence-corrected chi connectivity index (χ2v) is 5.02. The first-order valence-electron chi connectivity index (χ1n) is 6.26. The number of rotatable bonds is 2. The lowest BCUT2D eigenvalue weighted by atomic mass is 10.3. The SMILES string of the molecule is Cc1nc2ccc(F)cn2c1C(=O)Nc1ccc(Cl)cc1. The normalized spacial score (nSPS) is 10.8. The van der Waals surface area contributed by atoms with Crippen molar-refractivity contribution in [3.8, 4) is 0 Å². The molecular formula is C15H11ClFN3O. The summed E-state index contributed by atoms with van der Waals surface area (Å²) < 4.78 is 14.8. The molecule has 2 heterocycles. The van der Waals surface area contributed by atoms with Gasteiger partial charge >= 0.3 is 0 Å². The first-order valence-corrected chi connectivity index (χ1v) is 6.63. The minimum Gasteiger partial charge on any atom is -0.321 e. The summed E-state index contributed by atoms with van der Waals surface area (Å²) in [4.78, 5) is 16.6. The van der Waals surface area contributed by atoms with Crippen molar-refractivity contribution in [2.24, 2.45) is 0 Å². The highest BCUT2D eigenvalue weighted by Crippen LogP contribution is 2.17. The van der Waals surface area contributed by atoms with Crippen LogP contribution in [0.2, 0.25) is 5.02 Å². The molecule has 2 aromatic heterocycles. The first-order chi connectivity index (χ1) is 10.0. The molecule has 0 aliphatic heterocycles. The van der Waals surface area contributed by atoms with Gasteiger partial charge in [-0.25, -0.2) is 9.37 Å². The van der Waals surface area contributed by atoms with Gasteiger partial charge in [0.1, 0.15) is 17.2 Å². The summed E-state index contributed by atoms with van der Waals surface area (Å²) >= 11 is 5.80. The molecular weight excluding hydrogens is 293 g/mol. The average Bonchev–Trinajstić information content (AvgIpc) is 2.76. The molecule has 4 nitrogen and oxygen atoms in total. The second kappa shape index (κ2) is 5.18. The van der Waals surface area contributed by atoms with Gasteiger partial charge in [0.25, 0.3) is 5.91 Å². The fourth-order valence-corrected chi connectivity index (χ4v) is 2.26. The van der Waals surface area contributed by atoms with Crippen LogP contribution in [0.5, 0.6) is 0 Å². The van der Waals surface area contributed by atoms with Crippen LogP contribution in [0, 0.1) is 12.7 Å². The van der Waals surface area contributed by atoms with Gasteiger partial charge < -0.3 is 5.32 Å². The van der Waals surface area contributed by atoms with Gasteiger partial charge in [-0.3, -0.25) is 9.20 Å². The highest BCUT2D eigenvalue weighted by molar-refractivity contribution is 6.30. The number of imidazole rings is 1. The number of fused-ring (bicyclic) bond motifs is 1. The number of nitrogens with zero attached hydrogens (tertiary/aromatic N) is 2. The number of nitrogens with one attached hydrogen (secondary N) is 1. The number of benzene rings is 1. The maximum atomic E-state index is 13.4. The molecule has 21 heavy (non-hydrogen) atoms. The summed E-state index contributed by atoms with van der Waals surface area (Å²) in [6.07, 6.45) is 1.24. The number of hydrogen-bond acceptors (Lipinski definition) is 2. The van der Waals surface area contributed by atoms with Crippen molar-refractivity contribution < 1.29 is 9.18 Å². The summed E-state index contributed by atoms with van der Waals surface area (Å²) in [5.74, 6) is -0.784. The van der Waals surface area contributed by atoms with Crippen LogP contribution < -0.4 is 5.32 Å². The number of carbonyl (C=O) groups excluding carboxylic acids is 1. The maximum absolute atomic E-state index is 13.4. The minimum atomic E-state index is -0.430. The van der Waals surface area contributed by atoms with Crippen LogP contribution in [0.25, 0.3) is 5.65 Å². The Morgan fingerprint density at radius 3 is 2.67 bits per heavy atom. The quantitative estimate of drug-likeness (QED) is 0.785. The lowest BCUT2D eigenvalue weighted by molar-refractivity contribution is 0.102. The van der Waals surface area contributed by atoms with E-state index in [4.69, 9.17) is 11.6 Å². The summed E-state index contributed by atoms with van der Waals surface area (Å²) in [6.45, 7) is 1.71. The van der Waals surface area contributed by atoms with Crippen LogP contribution in [0.15, 0.2) is 42.6 Å². The van der Waals surface area contributed by atoms with Crippen LogP contribution in [0.4, 0.5) is 10.1 Å². The molecule has 0 radical (unpaired) electrons. The van der Waals surface area contributed by atoms with Gasteiger partial charge in [-0.1, -0.05) is 11.6 Å². The van der Waals surface area contributed by atoms with E-state index in [1.807, 2.05) is 0 Å². The lowest BCUT2D eigenvalue weighted by Gasteiger charge is -2.06. The van der Waals surface area contributed by atoms with Crippen molar-refractivity contribution >= 4 is 28.8 Å². The Hall–Kier alpha value is -2.40. The summed E-state index contributed by atoms with van der Waals surface area (Å²) in [5, 5.41) is 3.33. The number of amides is 1. The molecule has 0 atom stereocenters. The van der Waals surface area contributed by atoms with Crippen molar-refractivity contribution in [1.82, 2.24) is 9.38 Å². The molecule has 3 rings (SSSR count). The van der Waals surface area contributed by atoms with Crippen molar-refractivity contribution in [1.29, 1.82) is 0 Å². The van der Waals surface area contributed by atoms with E-state index in [2.05, 4.69) is 10.3 Å². The largest absolute Gasteiger partial charge is 0.321 e. The van der Waals surface area contributed by atoms with Crippen molar-refractivity contribution in [3.05, 3.63) is 64.8 Å². The monoisotopic (exact) mass is 303 g/mol. The fourth-order valence-electron chi connectivity index (χ4n) is 2.13. The van der Waals surface area contributed by atoms with E-state index in [-0.39, 0.29) is 5.91 Å². The summed E-state index contributed by atoms with van der Waals surface area (Å²) in [5.41, 5.74) is 1.97. The lowest BCUT2D eigenvalue weighted by Crippen LogP contribution is -2.15. The third-order valence-corrected chi connectivity index (χ3v) is 3.33. The molecule has 0 saturated carbocycles. The van der Waals surface area contributed by atoms with E-state index in [9.17, 15) is 9.18 Å². The zero-order chi connectivity index (χ0) is 15.0. The molecule has 3 aromatic rings. The van der Waals surface area contributed by atoms with Gasteiger partial charge in [0, 0.05) is 16.9 Å². The number of halogens is 2. The second-order valence-electron chi connectivity index (χ2n) is 4.58. The standard InChI is InChI=1S/C15H11ClFN3O/c1-9-14(20-8-11(17)4-7-13(20)18-9)15(21)19-12-5-2-10(16)3-6-12/h2-8H,1H3,(H,19,21). The van der Waals surface area contributed by atoms with Crippen molar-refractivity contribution in [3.63, 3.8) is 0 Å². The Morgan fingerprint density at radius 1 is 1.24 bits per heavy atom. The zero-order valence-electron chi connectivity index (χ0n) is 11.1. The van der Waals surface area contributed by atoms with Crippen molar-refractivity contribution in [2.75, 3.05) is 5.32 Å². The topological polar surface area (TPSA) is 46.4 Å². The van der Waals surface area contributed by atoms with Crippen molar-refractivity contribution in [2.45, 2.75) is 6.92 Å². The molecule has 1 aromatic carbocycles. The van der Waals surface area contributed by atoms with E-state index in [1.54, 1.807) is 31.2 Å². The highest BCUT2D eigenvalue weighted by Gasteiger charge is 2.17. The molecule has 0 unspecified atom stereocenters. The number of hydrogen-bond donors (Lipinski definition) is 1. The highest BCUT2D eigenvalue weighted by atomic mass is 35.5. The smallest absolute Gasteiger partial charge is 0.274 e. The van der Waals surface area contributed by atoms with Crippen LogP contribution in [0.1, 0.15) is 16.2 Å². The van der Waals surface area contributed by atoms with Gasteiger partial charge in [0.15, 0.2) is 0 Å². The number of aryl methyl sites for hydroxylation is 1. The molecule has 1 amide bonds. The molecule has 0 bridgehead atoms. The summed E-state index contributed by atoms with van der Waals surface area (Å²) in [7, 11) is 0. The number of aromatic nitrogens is 2. The Balaban J connectivity index is 1.99. The van der Waals surface area contributed by atoms with E-state index in [0.717, 1.165) is 0 Å². The molecule has 106 valence electrons. The maximum Gasteiger partial charge on any atom is 0.274 e. The molecule has 6 heteroatoms. The van der Waals surface area contributed by atoms with E-state index in [1.165, 1.54) is 22.7 Å². The Labute approximate surface area is 125 Å². The predicted molar refractivity (Wildman–Crippen MR) is 79.3 cm³/mol. The van der Waals surface area contributed by atoms with Crippen LogP contribution in [-0.2, 0) is 0 Å². The zero-order valence-corrected chi connectivity index (χ0v) is 11.9. The third kappa shape index (κ3) is 2.60. The third-order valence-electron chi connectivity index (χ3n) is 3.07. The van der Waals surface area contributed by atoms with Crippen LogP contribution in [0.3, 0.4) is 0 Å². The minimum absolute atomic E-state index is 0.305. The van der Waals surface area contributed by atoms with Gasteiger partial charge in [-0.05, 0) is 43.3 Å². The average molecular weight is 304 g/mol. The van der Waals surface area contributed by atoms with Gasteiger partial charge in [-0.15, -0.1) is 0 Å². The Bertz CT molecular complexity index is 827. The number of carbonyl (C=O) groups is 1. The molecule has 0 fully saturated rings. The number of pyridine rings is 1. The molecule has 0 aliphatic rings. The van der Waals surface area contributed by atoms with Gasteiger partial charge in [0.05, 0.1) is 5.69 Å². The molecule has 0 spiro atoms. The predicted octanol–water partition coefficient (Wildman–Crippen LogP) is 3.69. The Morgan fingerprint density at radius 2 is 1.95 bits per heavy atom. The van der Waals surface area contributed by atoms with E-state index < -0.39 is 5.82 Å². The van der Waals surface area contributed by atoms with Gasteiger partial charge in [0.2, 0.25) is 0 Å². The molecule has 1 N–H and O–H groups in total. The summed E-state index contributed by atoms with van der Waals surface area (Å²) in [6, 6.07) is 9.58. The molecule has 0 aliphatic carbocycles. The van der Waals surface area contributed by atoms with Gasteiger partial charge in [-0.2, -0.15) is 0 Å². The van der Waals surface area contributed by atoms with E-state index >= 15 is 0 Å². The fraction of sp³-hybridized carbons (Fsp3) is 0.0667. The van der Waals surface area contributed by atoms with Crippen LogP contribution >= 0.6 is 11.6 Å². The number of anilines is 1.